The Hall–Kier alpha value is -0.0500. The van der Waals surface area contributed by atoms with Crippen LogP contribution in [0, 0.1) is 0 Å². The van der Waals surface area contributed by atoms with E-state index in [-0.39, 0.29) is 16.9 Å². The third-order valence-corrected chi connectivity index (χ3v) is 1.82. The van der Waals surface area contributed by atoms with Crippen LogP contribution in [0.2, 0.25) is 0 Å². The Morgan fingerprint density at radius 2 is 2.20 bits per heavy atom. The van der Waals surface area contributed by atoms with Crippen LogP contribution in [-0.2, 0) is 9.53 Å². The molecule has 0 rings (SSSR count). The van der Waals surface area contributed by atoms with Crippen molar-refractivity contribution in [3.63, 3.8) is 0 Å². The molecule has 0 spiro atoms. The molecule has 0 saturated carbocycles. The topological polar surface area (TPSA) is 26.3 Å². The molecule has 0 amide bonds. The lowest BCUT2D eigenvalue weighted by atomic mass is 10.2. The van der Waals surface area contributed by atoms with Crippen LogP contribution in [0.3, 0.4) is 0 Å². The van der Waals surface area contributed by atoms with Gasteiger partial charge in [-0.1, -0.05) is 22.9 Å². The van der Waals surface area contributed by atoms with E-state index in [9.17, 15) is 4.79 Å². The van der Waals surface area contributed by atoms with Gasteiger partial charge in [0.15, 0.2) is 0 Å². The van der Waals surface area contributed by atoms with Crippen LogP contribution in [0.15, 0.2) is 0 Å². The molecular formula is C7H13BrO2. The average molecular weight is 209 g/mol. The molecule has 0 unspecified atom stereocenters. The summed E-state index contributed by atoms with van der Waals surface area (Å²) >= 11 is 3.35. The first-order valence-corrected chi connectivity index (χ1v) is 4.30. The van der Waals surface area contributed by atoms with Crippen LogP contribution in [-0.4, -0.2) is 16.9 Å². The van der Waals surface area contributed by atoms with E-state index in [1.807, 2.05) is 13.8 Å². The lowest BCUT2D eigenvalue weighted by molar-refractivity contribution is -0.146. The van der Waals surface area contributed by atoms with Gasteiger partial charge in [-0.05, 0) is 13.3 Å². The fourth-order valence-electron chi connectivity index (χ4n) is 0.715. The van der Waals surface area contributed by atoms with E-state index in [2.05, 4.69) is 15.9 Å². The van der Waals surface area contributed by atoms with E-state index in [4.69, 9.17) is 4.74 Å². The monoisotopic (exact) mass is 208 g/mol. The molecule has 0 aliphatic rings. The Labute approximate surface area is 70.1 Å². The highest BCUT2D eigenvalue weighted by Crippen LogP contribution is 2.11. The number of esters is 1. The minimum Gasteiger partial charge on any atom is -0.461 e. The van der Waals surface area contributed by atoms with Crippen molar-refractivity contribution in [2.75, 3.05) is 0 Å². The van der Waals surface area contributed by atoms with Crippen molar-refractivity contribution >= 4 is 21.9 Å². The molecule has 0 saturated heterocycles. The molecule has 0 aliphatic carbocycles. The van der Waals surface area contributed by atoms with E-state index >= 15 is 0 Å². The summed E-state index contributed by atoms with van der Waals surface area (Å²) in [6.07, 6.45) is 0.865. The molecule has 0 radical (unpaired) electrons. The van der Waals surface area contributed by atoms with Crippen LogP contribution in [0.4, 0.5) is 0 Å². The molecule has 60 valence electrons. The SMILES string of the molecule is CC[C@@H](OC(C)=O)[C@@H](C)Br. The Kier molecular flexibility index (Phi) is 4.69. The van der Waals surface area contributed by atoms with Crippen molar-refractivity contribution in [3.05, 3.63) is 0 Å². The highest BCUT2D eigenvalue weighted by Gasteiger charge is 2.14. The predicted molar refractivity (Wildman–Crippen MR) is 44.2 cm³/mol. The van der Waals surface area contributed by atoms with Gasteiger partial charge in [0, 0.05) is 11.8 Å². The summed E-state index contributed by atoms with van der Waals surface area (Å²) in [6, 6.07) is 0. The normalized spacial score (nSPS) is 16.0. The second kappa shape index (κ2) is 4.72. The number of hydrogen-bond acceptors (Lipinski definition) is 2. The van der Waals surface area contributed by atoms with Gasteiger partial charge in [-0.15, -0.1) is 0 Å². The molecule has 0 aromatic carbocycles. The molecule has 0 aromatic rings. The smallest absolute Gasteiger partial charge is 0.302 e. The van der Waals surface area contributed by atoms with E-state index in [1.165, 1.54) is 6.92 Å². The third-order valence-electron chi connectivity index (χ3n) is 1.23. The summed E-state index contributed by atoms with van der Waals surface area (Å²) in [7, 11) is 0. The summed E-state index contributed by atoms with van der Waals surface area (Å²) in [5, 5.41) is 0. The Morgan fingerprint density at radius 1 is 1.70 bits per heavy atom. The first-order chi connectivity index (χ1) is 4.57. The molecule has 0 N–H and O–H groups in total. The minimum absolute atomic E-state index is 0.0116. The zero-order valence-electron chi connectivity index (χ0n) is 6.56. The Balaban J connectivity index is 3.71. The molecule has 0 heterocycles. The van der Waals surface area contributed by atoms with Gasteiger partial charge in [0.2, 0.25) is 0 Å². The summed E-state index contributed by atoms with van der Waals surface area (Å²) in [5.74, 6) is -0.210. The van der Waals surface area contributed by atoms with E-state index in [0.717, 1.165) is 6.42 Å². The van der Waals surface area contributed by atoms with Gasteiger partial charge in [-0.3, -0.25) is 4.79 Å². The van der Waals surface area contributed by atoms with Crippen LogP contribution in [0.5, 0.6) is 0 Å². The fraction of sp³-hybridized carbons (Fsp3) is 0.857. The summed E-state index contributed by atoms with van der Waals surface area (Å²) in [4.78, 5) is 10.7. The largest absolute Gasteiger partial charge is 0.461 e. The second-order valence-corrected chi connectivity index (χ2v) is 3.68. The maximum absolute atomic E-state index is 10.5. The summed E-state index contributed by atoms with van der Waals surface area (Å²) < 4.78 is 4.98. The quantitative estimate of drug-likeness (QED) is 0.525. The van der Waals surface area contributed by atoms with Gasteiger partial charge in [-0.25, -0.2) is 0 Å². The second-order valence-electron chi connectivity index (χ2n) is 2.23. The fourth-order valence-corrected chi connectivity index (χ4v) is 1.20. The minimum atomic E-state index is -0.210. The molecule has 3 heteroatoms. The van der Waals surface area contributed by atoms with Crippen LogP contribution in [0.25, 0.3) is 0 Å². The number of alkyl halides is 1. The highest BCUT2D eigenvalue weighted by atomic mass is 79.9. The van der Waals surface area contributed by atoms with Gasteiger partial charge in [-0.2, -0.15) is 0 Å². The Morgan fingerprint density at radius 3 is 2.30 bits per heavy atom. The van der Waals surface area contributed by atoms with Gasteiger partial charge in [0.05, 0.1) is 0 Å². The maximum atomic E-state index is 10.5. The van der Waals surface area contributed by atoms with Crippen LogP contribution in [0.1, 0.15) is 27.2 Å². The number of ether oxygens (including phenoxy) is 1. The van der Waals surface area contributed by atoms with Gasteiger partial charge in [0.25, 0.3) is 0 Å². The first kappa shape index (κ1) is 9.95. The van der Waals surface area contributed by atoms with Crippen molar-refractivity contribution in [1.29, 1.82) is 0 Å². The van der Waals surface area contributed by atoms with E-state index in [0.29, 0.717) is 0 Å². The van der Waals surface area contributed by atoms with Crippen molar-refractivity contribution in [2.45, 2.75) is 38.1 Å². The number of halogens is 1. The molecule has 2 nitrogen and oxygen atoms in total. The molecule has 0 bridgehead atoms. The van der Waals surface area contributed by atoms with Gasteiger partial charge >= 0.3 is 5.97 Å². The van der Waals surface area contributed by atoms with Gasteiger partial charge < -0.3 is 4.74 Å². The van der Waals surface area contributed by atoms with Gasteiger partial charge in [0.1, 0.15) is 6.10 Å². The molecule has 10 heavy (non-hydrogen) atoms. The van der Waals surface area contributed by atoms with Crippen molar-refractivity contribution in [3.8, 4) is 0 Å². The average Bonchev–Trinajstić information content (AvgIpc) is 1.81. The molecule has 2 atom stereocenters. The Bertz CT molecular complexity index is 112. The zero-order valence-corrected chi connectivity index (χ0v) is 8.14. The molecule has 0 fully saturated rings. The molecule has 0 aromatic heterocycles. The third kappa shape index (κ3) is 3.88. The van der Waals surface area contributed by atoms with E-state index in [1.54, 1.807) is 0 Å². The van der Waals surface area contributed by atoms with Crippen molar-refractivity contribution in [2.24, 2.45) is 0 Å². The lowest BCUT2D eigenvalue weighted by Gasteiger charge is -2.16. The van der Waals surface area contributed by atoms with Crippen LogP contribution < -0.4 is 0 Å². The van der Waals surface area contributed by atoms with Crippen molar-refractivity contribution < 1.29 is 9.53 Å². The predicted octanol–water partition coefficient (Wildman–Crippen LogP) is 2.11. The zero-order chi connectivity index (χ0) is 8.15. The van der Waals surface area contributed by atoms with E-state index < -0.39 is 0 Å². The molecular weight excluding hydrogens is 196 g/mol. The molecule has 0 aliphatic heterocycles. The summed E-state index contributed by atoms with van der Waals surface area (Å²) in [6.45, 7) is 5.39. The van der Waals surface area contributed by atoms with Crippen LogP contribution >= 0.6 is 15.9 Å². The summed E-state index contributed by atoms with van der Waals surface area (Å²) in [5.41, 5.74) is 0. The number of carbonyl (C=O) groups is 1. The number of carbonyl (C=O) groups excluding carboxylic acids is 1. The number of hydrogen-bond donors (Lipinski definition) is 0. The number of rotatable bonds is 3. The highest BCUT2D eigenvalue weighted by molar-refractivity contribution is 9.09. The maximum Gasteiger partial charge on any atom is 0.302 e. The standard InChI is InChI=1S/C7H13BrO2/c1-4-7(5(2)8)10-6(3)9/h5,7H,4H2,1-3H3/t5-,7-/m1/s1. The first-order valence-electron chi connectivity index (χ1n) is 3.39. The lowest BCUT2D eigenvalue weighted by Crippen LogP contribution is -2.23. The van der Waals surface area contributed by atoms with Crippen molar-refractivity contribution in [1.82, 2.24) is 0 Å².